The first-order valence-electron chi connectivity index (χ1n) is 3.69. The van der Waals surface area contributed by atoms with Crippen molar-refractivity contribution < 1.29 is 13.2 Å². The number of aromatic nitrogens is 1. The topological polar surface area (TPSA) is 12.9 Å². The molecular weight excluding hydrogens is 199 g/mol. The molecule has 0 aliphatic carbocycles. The van der Waals surface area contributed by atoms with Crippen LogP contribution in [0.1, 0.15) is 13.8 Å². The highest BCUT2D eigenvalue weighted by molar-refractivity contribution is 7.99. The summed E-state index contributed by atoms with van der Waals surface area (Å²) in [6.45, 7) is 3.63. The van der Waals surface area contributed by atoms with Crippen molar-refractivity contribution in [2.45, 2.75) is 24.1 Å². The molecule has 0 N–H and O–H groups in total. The standard InChI is InChI=1S/C8H8F3NS/c1-4(2)13-8-6(10)3-5(9)7(11)12-8/h3-4H,1-2H3. The number of hydrogen-bond acceptors (Lipinski definition) is 2. The van der Waals surface area contributed by atoms with Gasteiger partial charge in [-0.1, -0.05) is 13.8 Å². The molecule has 0 aromatic carbocycles. The van der Waals surface area contributed by atoms with Crippen molar-refractivity contribution in [3.63, 3.8) is 0 Å². The Labute approximate surface area is 78.4 Å². The van der Waals surface area contributed by atoms with Gasteiger partial charge in [0.1, 0.15) is 5.03 Å². The lowest BCUT2D eigenvalue weighted by molar-refractivity contribution is 0.448. The smallest absolute Gasteiger partial charge is 0.208 e. The van der Waals surface area contributed by atoms with E-state index in [0.717, 1.165) is 11.8 Å². The first-order valence-corrected chi connectivity index (χ1v) is 4.57. The van der Waals surface area contributed by atoms with Gasteiger partial charge in [-0.05, 0) is 0 Å². The molecule has 0 unspecified atom stereocenters. The fraction of sp³-hybridized carbons (Fsp3) is 0.375. The lowest BCUT2D eigenvalue weighted by Gasteiger charge is -2.04. The maximum Gasteiger partial charge on any atom is 0.250 e. The molecule has 0 radical (unpaired) electrons. The third-order valence-electron chi connectivity index (χ3n) is 1.20. The molecular formula is C8H8F3NS. The average molecular weight is 207 g/mol. The molecule has 0 fully saturated rings. The minimum Gasteiger partial charge on any atom is -0.208 e. The number of halogens is 3. The lowest BCUT2D eigenvalue weighted by Crippen LogP contribution is -1.98. The van der Waals surface area contributed by atoms with Crippen LogP contribution in [0, 0.1) is 17.6 Å². The van der Waals surface area contributed by atoms with E-state index in [1.165, 1.54) is 0 Å². The fourth-order valence-corrected chi connectivity index (χ4v) is 1.49. The first-order chi connectivity index (χ1) is 6.00. The van der Waals surface area contributed by atoms with Crippen LogP contribution in [0.3, 0.4) is 0 Å². The Morgan fingerprint density at radius 2 is 1.85 bits per heavy atom. The Bertz CT molecular complexity index is 315. The zero-order valence-corrected chi connectivity index (χ0v) is 7.96. The van der Waals surface area contributed by atoms with Crippen LogP contribution in [0.25, 0.3) is 0 Å². The number of rotatable bonds is 2. The van der Waals surface area contributed by atoms with Gasteiger partial charge in [0.15, 0.2) is 11.6 Å². The molecule has 72 valence electrons. The van der Waals surface area contributed by atoms with Gasteiger partial charge >= 0.3 is 0 Å². The van der Waals surface area contributed by atoms with Crippen molar-refractivity contribution in [2.24, 2.45) is 0 Å². The SMILES string of the molecule is CC(C)Sc1nc(F)c(F)cc1F. The van der Waals surface area contributed by atoms with Gasteiger partial charge in [0, 0.05) is 11.3 Å². The van der Waals surface area contributed by atoms with Crippen LogP contribution in [0.15, 0.2) is 11.1 Å². The molecule has 1 rings (SSSR count). The monoisotopic (exact) mass is 207 g/mol. The quantitative estimate of drug-likeness (QED) is 0.546. The normalized spacial score (nSPS) is 10.9. The molecule has 0 aliphatic rings. The summed E-state index contributed by atoms with van der Waals surface area (Å²) >= 11 is 1.06. The van der Waals surface area contributed by atoms with Crippen molar-refractivity contribution in [3.05, 3.63) is 23.6 Å². The number of thioether (sulfide) groups is 1. The second-order valence-electron chi connectivity index (χ2n) is 2.71. The van der Waals surface area contributed by atoms with E-state index in [-0.39, 0.29) is 10.3 Å². The Balaban J connectivity index is 3.01. The molecule has 0 aliphatic heterocycles. The Hall–Kier alpha value is -0.710. The summed E-state index contributed by atoms with van der Waals surface area (Å²) in [5, 5.41) is -0.0271. The predicted molar refractivity (Wildman–Crippen MR) is 45.1 cm³/mol. The summed E-state index contributed by atoms with van der Waals surface area (Å²) in [7, 11) is 0. The average Bonchev–Trinajstić information content (AvgIpc) is 1.99. The summed E-state index contributed by atoms with van der Waals surface area (Å²) < 4.78 is 37.9. The number of nitrogens with zero attached hydrogens (tertiary/aromatic N) is 1. The van der Waals surface area contributed by atoms with Crippen molar-refractivity contribution in [1.82, 2.24) is 4.98 Å². The highest BCUT2D eigenvalue weighted by atomic mass is 32.2. The molecule has 13 heavy (non-hydrogen) atoms. The third kappa shape index (κ3) is 2.62. The second kappa shape index (κ2) is 4.00. The molecule has 1 heterocycles. The largest absolute Gasteiger partial charge is 0.250 e. The maximum absolute atomic E-state index is 12.9. The van der Waals surface area contributed by atoms with Gasteiger partial charge in [-0.2, -0.15) is 4.39 Å². The van der Waals surface area contributed by atoms with Crippen molar-refractivity contribution in [3.8, 4) is 0 Å². The minimum atomic E-state index is -1.26. The fourth-order valence-electron chi connectivity index (χ4n) is 0.734. The molecule has 0 amide bonds. The van der Waals surface area contributed by atoms with Crippen LogP contribution >= 0.6 is 11.8 Å². The van der Waals surface area contributed by atoms with E-state index in [1.807, 2.05) is 13.8 Å². The summed E-state index contributed by atoms with van der Waals surface area (Å²) in [5.74, 6) is -3.34. The van der Waals surface area contributed by atoms with E-state index < -0.39 is 17.6 Å². The zero-order valence-electron chi connectivity index (χ0n) is 7.14. The Kier molecular flexibility index (Phi) is 3.19. The van der Waals surface area contributed by atoms with Crippen LogP contribution in [0.2, 0.25) is 0 Å². The predicted octanol–water partition coefficient (Wildman–Crippen LogP) is 3.00. The van der Waals surface area contributed by atoms with Gasteiger partial charge in [0.25, 0.3) is 0 Å². The van der Waals surface area contributed by atoms with E-state index in [4.69, 9.17) is 0 Å². The summed E-state index contributed by atoms with van der Waals surface area (Å²) in [6, 6.07) is 0.507. The third-order valence-corrected chi connectivity index (χ3v) is 2.18. The minimum absolute atomic E-state index is 0.0758. The molecule has 1 nitrogen and oxygen atoms in total. The van der Waals surface area contributed by atoms with Crippen LogP contribution < -0.4 is 0 Å². The van der Waals surface area contributed by atoms with E-state index in [2.05, 4.69) is 4.98 Å². The molecule has 1 aromatic rings. The highest BCUT2D eigenvalue weighted by Gasteiger charge is 2.12. The molecule has 1 aromatic heterocycles. The summed E-state index contributed by atoms with van der Waals surface area (Å²) in [6.07, 6.45) is 0. The van der Waals surface area contributed by atoms with Gasteiger partial charge in [-0.3, -0.25) is 0 Å². The first kappa shape index (κ1) is 10.4. The van der Waals surface area contributed by atoms with E-state index in [1.54, 1.807) is 0 Å². The van der Waals surface area contributed by atoms with Crippen molar-refractivity contribution in [1.29, 1.82) is 0 Å². The van der Waals surface area contributed by atoms with Gasteiger partial charge in [0.2, 0.25) is 5.95 Å². The van der Waals surface area contributed by atoms with Crippen molar-refractivity contribution in [2.75, 3.05) is 0 Å². The van der Waals surface area contributed by atoms with E-state index in [9.17, 15) is 13.2 Å². The van der Waals surface area contributed by atoms with Gasteiger partial charge in [-0.25, -0.2) is 13.8 Å². The number of hydrogen-bond donors (Lipinski definition) is 0. The highest BCUT2D eigenvalue weighted by Crippen LogP contribution is 2.24. The van der Waals surface area contributed by atoms with Gasteiger partial charge in [0.05, 0.1) is 0 Å². The summed E-state index contributed by atoms with van der Waals surface area (Å²) in [4.78, 5) is 3.16. The van der Waals surface area contributed by atoms with Crippen LogP contribution in [-0.4, -0.2) is 10.2 Å². The second-order valence-corrected chi connectivity index (χ2v) is 4.28. The Morgan fingerprint density at radius 3 is 2.38 bits per heavy atom. The molecule has 0 spiro atoms. The molecule has 0 bridgehead atoms. The van der Waals surface area contributed by atoms with Gasteiger partial charge < -0.3 is 0 Å². The summed E-state index contributed by atoms with van der Waals surface area (Å²) in [5.41, 5.74) is 0. The van der Waals surface area contributed by atoms with E-state index in [0.29, 0.717) is 6.07 Å². The zero-order chi connectivity index (χ0) is 10.0. The number of pyridine rings is 1. The van der Waals surface area contributed by atoms with E-state index >= 15 is 0 Å². The molecule has 0 atom stereocenters. The van der Waals surface area contributed by atoms with Crippen LogP contribution in [-0.2, 0) is 0 Å². The molecule has 0 saturated heterocycles. The molecule has 0 saturated carbocycles. The maximum atomic E-state index is 12.9. The van der Waals surface area contributed by atoms with Gasteiger partial charge in [-0.15, -0.1) is 11.8 Å². The Morgan fingerprint density at radius 1 is 1.23 bits per heavy atom. The van der Waals surface area contributed by atoms with Crippen LogP contribution in [0.4, 0.5) is 13.2 Å². The lowest BCUT2D eigenvalue weighted by atomic mass is 10.4. The van der Waals surface area contributed by atoms with Crippen molar-refractivity contribution >= 4 is 11.8 Å². The van der Waals surface area contributed by atoms with Crippen LogP contribution in [0.5, 0.6) is 0 Å². The molecule has 5 heteroatoms.